The van der Waals surface area contributed by atoms with Gasteiger partial charge in [-0.25, -0.2) is 8.42 Å². The molecule has 0 bridgehead atoms. The van der Waals surface area contributed by atoms with Crippen LogP contribution in [0.5, 0.6) is 0 Å². The van der Waals surface area contributed by atoms with Crippen LogP contribution in [0, 0.1) is 0 Å². The summed E-state index contributed by atoms with van der Waals surface area (Å²) in [7, 11) is -3.32. The Hall–Kier alpha value is -1.78. The highest BCUT2D eigenvalue weighted by atomic mass is 32.2. The van der Waals surface area contributed by atoms with Crippen molar-refractivity contribution in [2.45, 2.75) is 32.7 Å². The van der Waals surface area contributed by atoms with Crippen LogP contribution in [0.25, 0.3) is 10.7 Å². The van der Waals surface area contributed by atoms with Crippen LogP contribution in [0.1, 0.15) is 32.1 Å². The van der Waals surface area contributed by atoms with Crippen LogP contribution in [-0.4, -0.2) is 72.0 Å². The van der Waals surface area contributed by atoms with Crippen LogP contribution in [0.4, 0.5) is 0 Å². The molecule has 0 N–H and O–H groups in total. The van der Waals surface area contributed by atoms with Gasteiger partial charge in [0.25, 0.3) is 0 Å². The number of hydrogen-bond acceptors (Lipinski definition) is 8. The fraction of sp³-hybridized carbons (Fsp3) is 0.611. The summed E-state index contributed by atoms with van der Waals surface area (Å²) in [4.78, 5) is 21.5. The van der Waals surface area contributed by atoms with Gasteiger partial charge in [-0.3, -0.25) is 9.69 Å². The molecule has 0 aliphatic carbocycles. The zero-order valence-corrected chi connectivity index (χ0v) is 17.7. The molecule has 1 aliphatic rings. The molecule has 3 rings (SSSR count). The highest BCUT2D eigenvalue weighted by Gasteiger charge is 2.26. The number of sulfone groups is 1. The Balaban J connectivity index is 1.44. The first kappa shape index (κ1) is 20.9. The smallest absolute Gasteiger partial charge is 0.241 e. The standard InChI is InChI=1S/C18H26N4O4S2/c1-2-3-4-12-28(24,25)14-17(23)22-9-7-21(8-10-22)13-16-19-18(20-26-16)15-6-5-11-27-15/h5-6,11H,2-4,7-10,12-14H2,1H3. The maximum Gasteiger partial charge on any atom is 0.241 e. The molecular weight excluding hydrogens is 400 g/mol. The monoisotopic (exact) mass is 426 g/mol. The van der Waals surface area contributed by atoms with Gasteiger partial charge in [0.05, 0.1) is 17.2 Å². The molecule has 1 amide bonds. The SMILES string of the molecule is CCCCCS(=O)(=O)CC(=O)N1CCN(Cc2nc(-c3cccs3)no2)CC1. The fourth-order valence-electron chi connectivity index (χ4n) is 3.10. The lowest BCUT2D eigenvalue weighted by Gasteiger charge is -2.33. The molecule has 0 aromatic carbocycles. The van der Waals surface area contributed by atoms with Crippen molar-refractivity contribution in [3.63, 3.8) is 0 Å². The van der Waals surface area contributed by atoms with Crippen molar-refractivity contribution < 1.29 is 17.7 Å². The van der Waals surface area contributed by atoms with E-state index in [4.69, 9.17) is 4.52 Å². The summed E-state index contributed by atoms with van der Waals surface area (Å²) >= 11 is 1.56. The van der Waals surface area contributed by atoms with E-state index in [1.807, 2.05) is 24.4 Å². The van der Waals surface area contributed by atoms with E-state index in [1.54, 1.807) is 16.2 Å². The van der Waals surface area contributed by atoms with E-state index < -0.39 is 9.84 Å². The second-order valence-corrected chi connectivity index (χ2v) is 10.1. The number of rotatable bonds is 9. The van der Waals surface area contributed by atoms with Crippen LogP contribution >= 0.6 is 11.3 Å². The maximum absolute atomic E-state index is 12.3. The lowest BCUT2D eigenvalue weighted by Crippen LogP contribution is -2.49. The minimum Gasteiger partial charge on any atom is -0.339 e. The van der Waals surface area contributed by atoms with Gasteiger partial charge in [-0.2, -0.15) is 4.98 Å². The Labute approximate surface area is 169 Å². The van der Waals surface area contributed by atoms with Gasteiger partial charge in [-0.15, -0.1) is 11.3 Å². The predicted octanol–water partition coefficient (Wildman–Crippen LogP) is 2.05. The van der Waals surface area contributed by atoms with Crippen molar-refractivity contribution in [1.82, 2.24) is 19.9 Å². The molecule has 154 valence electrons. The van der Waals surface area contributed by atoms with Gasteiger partial charge in [-0.05, 0) is 17.9 Å². The summed E-state index contributed by atoms with van der Waals surface area (Å²) in [5, 5.41) is 5.97. The van der Waals surface area contributed by atoms with Gasteiger partial charge in [0, 0.05) is 26.2 Å². The molecule has 8 nitrogen and oxygen atoms in total. The number of carbonyl (C=O) groups excluding carboxylic acids is 1. The fourth-order valence-corrected chi connectivity index (χ4v) is 5.09. The molecule has 2 aromatic heterocycles. The van der Waals surface area contributed by atoms with Gasteiger partial charge in [0.1, 0.15) is 5.75 Å². The van der Waals surface area contributed by atoms with Gasteiger partial charge >= 0.3 is 0 Å². The Kier molecular flexibility index (Phi) is 7.19. The molecular formula is C18H26N4O4S2. The Bertz CT molecular complexity index is 856. The van der Waals surface area contributed by atoms with E-state index in [0.29, 0.717) is 50.9 Å². The highest BCUT2D eigenvalue weighted by molar-refractivity contribution is 7.92. The number of unbranched alkanes of at least 4 members (excludes halogenated alkanes) is 2. The van der Waals surface area contributed by atoms with E-state index in [2.05, 4.69) is 15.0 Å². The zero-order valence-electron chi connectivity index (χ0n) is 16.0. The summed E-state index contributed by atoms with van der Waals surface area (Å²) in [6.07, 6.45) is 2.45. The Morgan fingerprint density at radius 1 is 1.25 bits per heavy atom. The van der Waals surface area contributed by atoms with Crippen molar-refractivity contribution in [2.24, 2.45) is 0 Å². The van der Waals surface area contributed by atoms with Crippen molar-refractivity contribution in [2.75, 3.05) is 37.7 Å². The minimum absolute atomic E-state index is 0.0935. The van der Waals surface area contributed by atoms with Crippen molar-refractivity contribution >= 4 is 27.1 Å². The van der Waals surface area contributed by atoms with Gasteiger partial charge in [-0.1, -0.05) is 31.0 Å². The lowest BCUT2D eigenvalue weighted by atomic mass is 10.3. The van der Waals surface area contributed by atoms with Crippen LogP contribution < -0.4 is 0 Å². The summed E-state index contributed by atoms with van der Waals surface area (Å²) in [6.45, 7) is 4.87. The first-order valence-corrected chi connectivity index (χ1v) is 12.2. The van der Waals surface area contributed by atoms with Crippen molar-refractivity contribution in [3.8, 4) is 10.7 Å². The molecule has 28 heavy (non-hydrogen) atoms. The second-order valence-electron chi connectivity index (χ2n) is 6.95. The number of amides is 1. The Morgan fingerprint density at radius 3 is 2.71 bits per heavy atom. The zero-order chi connectivity index (χ0) is 20.0. The molecule has 0 saturated carbocycles. The summed E-state index contributed by atoms with van der Waals surface area (Å²) in [5.74, 6) is 0.545. The largest absolute Gasteiger partial charge is 0.339 e. The molecule has 10 heteroatoms. The van der Waals surface area contributed by atoms with Gasteiger partial charge < -0.3 is 9.42 Å². The van der Waals surface area contributed by atoms with Gasteiger partial charge in [0.2, 0.25) is 17.6 Å². The number of nitrogens with zero attached hydrogens (tertiary/aromatic N) is 4. The molecule has 2 aromatic rings. The minimum atomic E-state index is -3.32. The molecule has 0 spiro atoms. The topological polar surface area (TPSA) is 96.6 Å². The summed E-state index contributed by atoms with van der Waals surface area (Å²) in [6, 6.07) is 3.89. The number of thiophene rings is 1. The predicted molar refractivity (Wildman–Crippen MR) is 108 cm³/mol. The normalized spacial score (nSPS) is 15.8. The third-order valence-electron chi connectivity index (χ3n) is 4.70. The molecule has 0 radical (unpaired) electrons. The molecule has 0 unspecified atom stereocenters. The number of carbonyl (C=O) groups is 1. The summed E-state index contributed by atoms with van der Waals surface area (Å²) < 4.78 is 29.5. The Morgan fingerprint density at radius 2 is 2.04 bits per heavy atom. The van der Waals surface area contributed by atoms with E-state index >= 15 is 0 Å². The van der Waals surface area contributed by atoms with Crippen LogP contribution in [-0.2, 0) is 21.2 Å². The summed E-state index contributed by atoms with van der Waals surface area (Å²) in [5.41, 5.74) is 0. The number of hydrogen-bond donors (Lipinski definition) is 0. The quantitative estimate of drug-likeness (QED) is 0.566. The average Bonchev–Trinajstić information content (AvgIpc) is 3.33. The average molecular weight is 427 g/mol. The van der Waals surface area contributed by atoms with E-state index in [0.717, 1.165) is 17.7 Å². The third-order valence-corrected chi connectivity index (χ3v) is 7.16. The van der Waals surface area contributed by atoms with Gasteiger partial charge in [0.15, 0.2) is 9.84 Å². The molecule has 1 saturated heterocycles. The highest BCUT2D eigenvalue weighted by Crippen LogP contribution is 2.21. The molecule has 1 fully saturated rings. The molecule has 3 heterocycles. The lowest BCUT2D eigenvalue weighted by molar-refractivity contribution is -0.130. The van der Waals surface area contributed by atoms with Crippen LogP contribution in [0.15, 0.2) is 22.0 Å². The third kappa shape index (κ3) is 5.86. The molecule has 1 aliphatic heterocycles. The van der Waals surface area contributed by atoms with E-state index in [-0.39, 0.29) is 17.4 Å². The second kappa shape index (κ2) is 9.62. The van der Waals surface area contributed by atoms with Crippen LogP contribution in [0.2, 0.25) is 0 Å². The first-order valence-electron chi connectivity index (χ1n) is 9.54. The van der Waals surface area contributed by atoms with Crippen molar-refractivity contribution in [3.05, 3.63) is 23.4 Å². The number of piperazine rings is 1. The maximum atomic E-state index is 12.3. The van der Waals surface area contributed by atoms with Crippen molar-refractivity contribution in [1.29, 1.82) is 0 Å². The van der Waals surface area contributed by atoms with Crippen LogP contribution in [0.3, 0.4) is 0 Å². The van der Waals surface area contributed by atoms with E-state index in [9.17, 15) is 13.2 Å². The first-order chi connectivity index (χ1) is 13.5. The van der Waals surface area contributed by atoms with E-state index in [1.165, 1.54) is 0 Å². The molecule has 0 atom stereocenters. The number of aromatic nitrogens is 2.